The van der Waals surface area contributed by atoms with E-state index in [1.807, 2.05) is 6.92 Å². The van der Waals surface area contributed by atoms with Crippen molar-refractivity contribution in [2.24, 2.45) is 5.92 Å². The molecule has 0 aromatic carbocycles. The molecule has 2 atom stereocenters. The van der Waals surface area contributed by atoms with Crippen LogP contribution >= 0.6 is 0 Å². The summed E-state index contributed by atoms with van der Waals surface area (Å²) in [6.07, 6.45) is -2.67. The van der Waals surface area contributed by atoms with Crippen molar-refractivity contribution >= 4 is 5.78 Å². The number of Topliss-reactive ketones (excluding diaryl/α,β-unsaturated/α-hetero) is 1. The summed E-state index contributed by atoms with van der Waals surface area (Å²) in [6, 6.07) is 1.34. The molecule has 3 heterocycles. The van der Waals surface area contributed by atoms with Gasteiger partial charge in [0.2, 0.25) is 11.8 Å². The highest BCUT2D eigenvalue weighted by molar-refractivity contribution is 5.95. The molecule has 1 aliphatic carbocycles. The molecule has 1 saturated carbocycles. The topological polar surface area (TPSA) is 87.3 Å². The van der Waals surface area contributed by atoms with Gasteiger partial charge in [-0.15, -0.1) is 10.2 Å². The Morgan fingerprint density at radius 1 is 1.28 bits per heavy atom. The number of ketones is 1. The van der Waals surface area contributed by atoms with Crippen molar-refractivity contribution in [3.8, 4) is 5.75 Å². The molecule has 10 heteroatoms. The van der Waals surface area contributed by atoms with E-state index in [4.69, 9.17) is 13.9 Å². The molecule has 2 aromatic heterocycles. The van der Waals surface area contributed by atoms with Crippen LogP contribution in [0.25, 0.3) is 0 Å². The summed E-state index contributed by atoms with van der Waals surface area (Å²) in [5.41, 5.74) is -0.0742. The van der Waals surface area contributed by atoms with Crippen LogP contribution in [0.15, 0.2) is 16.7 Å². The van der Waals surface area contributed by atoms with E-state index < -0.39 is 17.7 Å². The first kappa shape index (κ1) is 22.7. The molecule has 0 spiro atoms. The van der Waals surface area contributed by atoms with Gasteiger partial charge in [-0.1, -0.05) is 6.92 Å². The molecular formula is C22H26F3N3O4. The van der Waals surface area contributed by atoms with Gasteiger partial charge in [-0.05, 0) is 32.1 Å². The predicted octanol–water partition coefficient (Wildman–Crippen LogP) is 4.55. The van der Waals surface area contributed by atoms with Gasteiger partial charge < -0.3 is 13.9 Å². The zero-order valence-corrected chi connectivity index (χ0v) is 18.2. The number of hydrogen-bond donors (Lipinski definition) is 0. The number of carbonyl (C=O) groups is 1. The third-order valence-electron chi connectivity index (χ3n) is 6.00. The van der Waals surface area contributed by atoms with Crippen LogP contribution in [0.1, 0.15) is 73.3 Å². The summed E-state index contributed by atoms with van der Waals surface area (Å²) in [7, 11) is 0. The Balaban J connectivity index is 1.58. The van der Waals surface area contributed by atoms with Crippen molar-refractivity contribution in [1.29, 1.82) is 0 Å². The number of aromatic nitrogens is 3. The smallest absolute Gasteiger partial charge is 0.425 e. The molecule has 0 N–H and O–H groups in total. The van der Waals surface area contributed by atoms with Gasteiger partial charge in [0, 0.05) is 37.1 Å². The number of alkyl halides is 3. The van der Waals surface area contributed by atoms with Crippen molar-refractivity contribution in [2.45, 2.75) is 70.1 Å². The summed E-state index contributed by atoms with van der Waals surface area (Å²) >= 11 is 0. The zero-order valence-electron chi connectivity index (χ0n) is 18.2. The Morgan fingerprint density at radius 2 is 2.00 bits per heavy atom. The summed E-state index contributed by atoms with van der Waals surface area (Å²) in [5, 5.41) is 8.02. The van der Waals surface area contributed by atoms with Crippen LogP contribution in [0, 0.1) is 12.8 Å². The van der Waals surface area contributed by atoms with Gasteiger partial charge in [0.25, 0.3) is 0 Å². The van der Waals surface area contributed by atoms with Crippen molar-refractivity contribution in [1.82, 2.24) is 15.2 Å². The highest BCUT2D eigenvalue weighted by Crippen LogP contribution is 2.45. The Bertz CT molecular complexity index is 985. The van der Waals surface area contributed by atoms with Gasteiger partial charge in [0.1, 0.15) is 11.4 Å². The SMILES string of the molecule is Cc1nnc(C(C)(CC(=O)c2cc(O[C@@H](C)C(F)(F)F)c(C3CC3)cn2)CC2COC2)o1. The predicted molar refractivity (Wildman–Crippen MR) is 107 cm³/mol. The molecule has 1 unspecified atom stereocenters. The molecule has 174 valence electrons. The monoisotopic (exact) mass is 453 g/mol. The minimum atomic E-state index is -4.51. The third-order valence-corrected chi connectivity index (χ3v) is 6.00. The van der Waals surface area contributed by atoms with Crippen molar-refractivity contribution in [3.05, 3.63) is 35.3 Å². The number of carbonyl (C=O) groups excluding carboxylic acids is 1. The number of hydrogen-bond acceptors (Lipinski definition) is 7. The first-order chi connectivity index (χ1) is 15.0. The quantitative estimate of drug-likeness (QED) is 0.515. The van der Waals surface area contributed by atoms with Gasteiger partial charge >= 0.3 is 6.18 Å². The Kier molecular flexibility index (Phi) is 6.00. The highest BCUT2D eigenvalue weighted by Gasteiger charge is 2.41. The van der Waals surface area contributed by atoms with Crippen molar-refractivity contribution in [2.75, 3.05) is 13.2 Å². The van der Waals surface area contributed by atoms with Crippen LogP contribution < -0.4 is 4.74 Å². The fraction of sp³-hybridized carbons (Fsp3) is 0.636. The highest BCUT2D eigenvalue weighted by atomic mass is 19.4. The largest absolute Gasteiger partial charge is 0.481 e. The Labute approximate surface area is 183 Å². The second-order valence-corrected chi connectivity index (χ2v) is 9.08. The second kappa shape index (κ2) is 8.46. The molecule has 2 aliphatic rings. The molecule has 7 nitrogen and oxygen atoms in total. The average molecular weight is 453 g/mol. The first-order valence-corrected chi connectivity index (χ1v) is 10.7. The number of nitrogens with zero attached hydrogens (tertiary/aromatic N) is 3. The molecule has 0 radical (unpaired) electrons. The van der Waals surface area contributed by atoms with E-state index >= 15 is 0 Å². The Hall–Kier alpha value is -2.49. The van der Waals surface area contributed by atoms with Crippen molar-refractivity contribution in [3.63, 3.8) is 0 Å². The standard InChI is InChI=1S/C22H26F3N3O4/c1-12(22(23,24)25)31-19-6-17(26-9-16(19)15-4-5-15)18(29)8-21(3,7-14-10-30-11-14)20-28-27-13(2)32-20/h6,9,12,14-15H,4-5,7-8,10-11H2,1-3H3/t12-,21?/m0/s1. The van der Waals surface area contributed by atoms with Gasteiger partial charge in [0.15, 0.2) is 11.9 Å². The van der Waals surface area contributed by atoms with E-state index in [1.54, 1.807) is 6.92 Å². The molecule has 32 heavy (non-hydrogen) atoms. The number of ether oxygens (including phenoxy) is 2. The van der Waals surface area contributed by atoms with E-state index in [-0.39, 0.29) is 35.5 Å². The van der Waals surface area contributed by atoms with Crippen LogP contribution in [-0.4, -0.2) is 46.5 Å². The lowest BCUT2D eigenvalue weighted by molar-refractivity contribution is -0.189. The molecule has 4 rings (SSSR count). The van der Waals surface area contributed by atoms with E-state index in [9.17, 15) is 18.0 Å². The zero-order chi connectivity index (χ0) is 23.1. The van der Waals surface area contributed by atoms with E-state index in [2.05, 4.69) is 15.2 Å². The van der Waals surface area contributed by atoms with Crippen molar-refractivity contribution < 1.29 is 31.9 Å². The molecule has 0 bridgehead atoms. The maximum atomic E-state index is 13.2. The minimum absolute atomic E-state index is 0.0230. The first-order valence-electron chi connectivity index (χ1n) is 10.7. The van der Waals surface area contributed by atoms with E-state index in [1.165, 1.54) is 12.3 Å². The summed E-state index contributed by atoms with van der Waals surface area (Å²) in [4.78, 5) is 17.5. The second-order valence-electron chi connectivity index (χ2n) is 9.08. The van der Waals surface area contributed by atoms with Gasteiger partial charge in [0.05, 0.1) is 18.6 Å². The molecule has 0 amide bonds. The van der Waals surface area contributed by atoms with Gasteiger partial charge in [-0.25, -0.2) is 0 Å². The third kappa shape index (κ3) is 4.95. The molecular weight excluding hydrogens is 427 g/mol. The lowest BCUT2D eigenvalue weighted by Crippen LogP contribution is -2.37. The van der Waals surface area contributed by atoms with Gasteiger partial charge in [-0.2, -0.15) is 13.2 Å². The fourth-order valence-corrected chi connectivity index (χ4v) is 3.92. The van der Waals surface area contributed by atoms with E-state index in [0.29, 0.717) is 37.0 Å². The summed E-state index contributed by atoms with van der Waals surface area (Å²) in [6.45, 7) is 5.69. The maximum Gasteiger partial charge on any atom is 0.425 e. The molecule has 2 aromatic rings. The maximum absolute atomic E-state index is 13.2. The van der Waals surface area contributed by atoms with Crippen LogP contribution in [0.2, 0.25) is 0 Å². The fourth-order valence-electron chi connectivity index (χ4n) is 3.92. The molecule has 1 saturated heterocycles. The van der Waals surface area contributed by atoms with E-state index in [0.717, 1.165) is 19.8 Å². The Morgan fingerprint density at radius 3 is 2.53 bits per heavy atom. The van der Waals surface area contributed by atoms with Crippen LogP contribution in [0.5, 0.6) is 5.75 Å². The summed E-state index contributed by atoms with van der Waals surface area (Å²) in [5.74, 6) is 0.872. The molecule has 1 aliphatic heterocycles. The minimum Gasteiger partial charge on any atom is -0.481 e. The average Bonchev–Trinajstić information content (AvgIpc) is 3.43. The van der Waals surface area contributed by atoms with Crippen LogP contribution in [0.4, 0.5) is 13.2 Å². The summed E-state index contributed by atoms with van der Waals surface area (Å²) < 4.78 is 55.4. The van der Waals surface area contributed by atoms with Crippen LogP contribution in [0.3, 0.4) is 0 Å². The molecule has 2 fully saturated rings. The lowest BCUT2D eigenvalue weighted by atomic mass is 9.76. The van der Waals surface area contributed by atoms with Crippen LogP contribution in [-0.2, 0) is 10.2 Å². The number of rotatable bonds is 9. The number of aryl methyl sites for hydroxylation is 1. The van der Waals surface area contributed by atoms with Gasteiger partial charge in [-0.3, -0.25) is 9.78 Å². The number of pyridine rings is 1. The lowest BCUT2D eigenvalue weighted by Gasteiger charge is -2.34. The number of halogens is 3. The normalized spacial score (nSPS) is 19.8.